The van der Waals surface area contributed by atoms with Crippen LogP contribution in [0.3, 0.4) is 0 Å². The van der Waals surface area contributed by atoms with E-state index in [0.29, 0.717) is 31.5 Å². The summed E-state index contributed by atoms with van der Waals surface area (Å²) in [5, 5.41) is 13.3. The molecule has 0 aliphatic carbocycles. The lowest BCUT2D eigenvalue weighted by Gasteiger charge is -2.36. The van der Waals surface area contributed by atoms with Gasteiger partial charge in [-0.3, -0.25) is 14.6 Å². The molecule has 1 saturated heterocycles. The van der Waals surface area contributed by atoms with Gasteiger partial charge in [-0.05, 0) is 43.0 Å². The van der Waals surface area contributed by atoms with Crippen LogP contribution in [0.4, 0.5) is 0 Å². The van der Waals surface area contributed by atoms with Gasteiger partial charge in [0.2, 0.25) is 5.91 Å². The number of hydrogen-bond donors (Lipinski definition) is 2. The Morgan fingerprint density at radius 2 is 2.00 bits per heavy atom. The fourth-order valence-electron chi connectivity index (χ4n) is 3.35. The highest BCUT2D eigenvalue weighted by molar-refractivity contribution is 5.92. The maximum Gasteiger partial charge on any atom is 0.272 e. The molecular weight excluding hydrogens is 342 g/mol. The molecule has 3 rings (SSSR count). The number of hydrogen-bond acceptors (Lipinski definition) is 4. The van der Waals surface area contributed by atoms with Crippen LogP contribution in [0.15, 0.2) is 48.7 Å². The van der Waals surface area contributed by atoms with Gasteiger partial charge in [0.05, 0.1) is 12.1 Å². The number of nitrogens with zero attached hydrogens (tertiary/aromatic N) is 2. The molecule has 142 valence electrons. The number of aryl methyl sites for hydroxylation is 2. The zero-order valence-corrected chi connectivity index (χ0v) is 15.5. The van der Waals surface area contributed by atoms with Crippen LogP contribution >= 0.6 is 0 Å². The van der Waals surface area contributed by atoms with E-state index >= 15 is 0 Å². The maximum atomic E-state index is 12.4. The number of aliphatic hydroxyl groups excluding tert-OH is 1. The number of aliphatic hydroxyl groups is 1. The molecular formula is C21H25N3O3. The SMILES string of the molecule is Cc1ccccc1CCC(=O)N[C@@H]1CCN(C(=O)c2ccccn2)C[C@H]1O. The van der Waals surface area contributed by atoms with Crippen molar-refractivity contribution in [1.29, 1.82) is 0 Å². The van der Waals surface area contributed by atoms with Gasteiger partial charge in [0.25, 0.3) is 5.91 Å². The highest BCUT2D eigenvalue weighted by Gasteiger charge is 2.31. The summed E-state index contributed by atoms with van der Waals surface area (Å²) in [6, 6.07) is 12.9. The lowest BCUT2D eigenvalue weighted by molar-refractivity contribution is -0.123. The Hall–Kier alpha value is -2.73. The van der Waals surface area contributed by atoms with Gasteiger partial charge in [0.15, 0.2) is 0 Å². The topological polar surface area (TPSA) is 82.5 Å². The molecule has 1 fully saturated rings. The summed E-state index contributed by atoms with van der Waals surface area (Å²) in [5.41, 5.74) is 2.70. The first kappa shape index (κ1) is 19.0. The first-order valence-corrected chi connectivity index (χ1v) is 9.27. The van der Waals surface area contributed by atoms with E-state index in [-0.39, 0.29) is 24.4 Å². The number of carbonyl (C=O) groups excluding carboxylic acids is 2. The van der Waals surface area contributed by atoms with Crippen molar-refractivity contribution < 1.29 is 14.7 Å². The Labute approximate surface area is 159 Å². The molecule has 1 aromatic carbocycles. The normalized spacial score (nSPS) is 19.6. The van der Waals surface area contributed by atoms with Crippen molar-refractivity contribution in [2.45, 2.75) is 38.3 Å². The van der Waals surface area contributed by atoms with Gasteiger partial charge in [-0.2, -0.15) is 0 Å². The summed E-state index contributed by atoms with van der Waals surface area (Å²) in [6.45, 7) is 2.71. The minimum Gasteiger partial charge on any atom is -0.389 e. The fourth-order valence-corrected chi connectivity index (χ4v) is 3.35. The lowest BCUT2D eigenvalue weighted by atomic mass is 10.00. The zero-order valence-electron chi connectivity index (χ0n) is 15.5. The highest BCUT2D eigenvalue weighted by Crippen LogP contribution is 2.15. The standard InChI is InChI=1S/C21H25N3O3/c1-15-6-2-3-7-16(15)9-10-20(26)23-17-11-13-24(14-19(17)25)21(27)18-8-4-5-12-22-18/h2-8,12,17,19,25H,9-11,13-14H2,1H3,(H,23,26)/t17-,19-/m1/s1. The van der Waals surface area contributed by atoms with E-state index in [2.05, 4.69) is 10.3 Å². The summed E-state index contributed by atoms with van der Waals surface area (Å²) < 4.78 is 0. The average molecular weight is 367 g/mol. The van der Waals surface area contributed by atoms with Crippen LogP contribution in [0.1, 0.15) is 34.5 Å². The number of β-amino-alcohol motifs (C(OH)–C–C–N with tert-alkyl or cyclic N) is 1. The Bertz CT molecular complexity index is 794. The van der Waals surface area contributed by atoms with E-state index in [4.69, 9.17) is 0 Å². The smallest absolute Gasteiger partial charge is 0.272 e. The van der Waals surface area contributed by atoms with E-state index in [9.17, 15) is 14.7 Å². The third-order valence-corrected chi connectivity index (χ3v) is 4.98. The molecule has 27 heavy (non-hydrogen) atoms. The second kappa shape index (κ2) is 8.77. The molecule has 6 nitrogen and oxygen atoms in total. The number of likely N-dealkylation sites (tertiary alicyclic amines) is 1. The second-order valence-electron chi connectivity index (χ2n) is 6.92. The van der Waals surface area contributed by atoms with Crippen LogP contribution in [-0.4, -0.2) is 52.0 Å². The number of aromatic nitrogens is 1. The van der Waals surface area contributed by atoms with Crippen LogP contribution in [0, 0.1) is 6.92 Å². The first-order chi connectivity index (χ1) is 13.0. The summed E-state index contributed by atoms with van der Waals surface area (Å²) in [7, 11) is 0. The van der Waals surface area contributed by atoms with E-state index in [1.54, 1.807) is 29.3 Å². The monoisotopic (exact) mass is 367 g/mol. The largest absolute Gasteiger partial charge is 0.389 e. The van der Waals surface area contributed by atoms with Crippen LogP contribution in [-0.2, 0) is 11.2 Å². The number of rotatable bonds is 5. The lowest BCUT2D eigenvalue weighted by Crippen LogP contribution is -2.55. The van der Waals surface area contributed by atoms with E-state index in [1.807, 2.05) is 31.2 Å². The molecule has 0 radical (unpaired) electrons. The van der Waals surface area contributed by atoms with E-state index < -0.39 is 6.10 Å². The van der Waals surface area contributed by atoms with Crippen molar-refractivity contribution in [2.75, 3.05) is 13.1 Å². The Morgan fingerprint density at radius 1 is 1.22 bits per heavy atom. The van der Waals surface area contributed by atoms with E-state index in [0.717, 1.165) is 5.56 Å². The molecule has 0 saturated carbocycles. The van der Waals surface area contributed by atoms with Gasteiger partial charge < -0.3 is 15.3 Å². The quantitative estimate of drug-likeness (QED) is 0.843. The number of piperidine rings is 1. The number of pyridine rings is 1. The number of nitrogens with one attached hydrogen (secondary N) is 1. The Balaban J connectivity index is 1.49. The molecule has 1 aromatic heterocycles. The minimum atomic E-state index is -0.783. The van der Waals surface area contributed by atoms with Crippen molar-refractivity contribution in [1.82, 2.24) is 15.2 Å². The van der Waals surface area contributed by atoms with Crippen molar-refractivity contribution in [2.24, 2.45) is 0 Å². The fraction of sp³-hybridized carbons (Fsp3) is 0.381. The predicted octanol–water partition coefficient (Wildman–Crippen LogP) is 1.71. The number of amides is 2. The third-order valence-electron chi connectivity index (χ3n) is 4.98. The molecule has 0 spiro atoms. The van der Waals surface area contributed by atoms with Crippen molar-refractivity contribution in [3.8, 4) is 0 Å². The van der Waals surface area contributed by atoms with Gasteiger partial charge in [-0.25, -0.2) is 0 Å². The Kier molecular flexibility index (Phi) is 6.19. The van der Waals surface area contributed by atoms with Gasteiger partial charge in [0, 0.05) is 25.7 Å². The minimum absolute atomic E-state index is 0.0770. The van der Waals surface area contributed by atoms with Crippen LogP contribution < -0.4 is 5.32 Å². The summed E-state index contributed by atoms with van der Waals surface area (Å²) in [4.78, 5) is 30.3. The molecule has 2 atom stereocenters. The highest BCUT2D eigenvalue weighted by atomic mass is 16.3. The third kappa shape index (κ3) is 4.92. The van der Waals surface area contributed by atoms with Gasteiger partial charge >= 0.3 is 0 Å². The molecule has 1 aliphatic heterocycles. The van der Waals surface area contributed by atoms with Crippen molar-refractivity contribution in [3.63, 3.8) is 0 Å². The number of carbonyl (C=O) groups is 2. The number of benzene rings is 1. The van der Waals surface area contributed by atoms with Crippen LogP contribution in [0.2, 0.25) is 0 Å². The average Bonchev–Trinajstić information content (AvgIpc) is 2.69. The molecule has 0 bridgehead atoms. The van der Waals surface area contributed by atoms with Gasteiger partial charge in [0.1, 0.15) is 5.69 Å². The summed E-state index contributed by atoms with van der Waals surface area (Å²) in [5.74, 6) is -0.272. The summed E-state index contributed by atoms with van der Waals surface area (Å²) in [6.07, 6.45) is 2.37. The van der Waals surface area contributed by atoms with Gasteiger partial charge in [-0.1, -0.05) is 30.3 Å². The van der Waals surface area contributed by atoms with Crippen LogP contribution in [0.25, 0.3) is 0 Å². The molecule has 0 unspecified atom stereocenters. The predicted molar refractivity (Wildman–Crippen MR) is 102 cm³/mol. The zero-order chi connectivity index (χ0) is 19.2. The van der Waals surface area contributed by atoms with Crippen molar-refractivity contribution >= 4 is 11.8 Å². The maximum absolute atomic E-state index is 12.4. The first-order valence-electron chi connectivity index (χ1n) is 9.27. The molecule has 1 aliphatic rings. The Morgan fingerprint density at radius 3 is 2.70 bits per heavy atom. The molecule has 6 heteroatoms. The van der Waals surface area contributed by atoms with E-state index in [1.165, 1.54) is 5.56 Å². The summed E-state index contributed by atoms with van der Waals surface area (Å²) >= 11 is 0. The molecule has 2 N–H and O–H groups in total. The molecule has 2 amide bonds. The molecule has 2 aromatic rings. The second-order valence-corrected chi connectivity index (χ2v) is 6.92. The van der Waals surface area contributed by atoms with Crippen LogP contribution in [0.5, 0.6) is 0 Å². The van der Waals surface area contributed by atoms with Gasteiger partial charge in [-0.15, -0.1) is 0 Å². The molecule has 2 heterocycles. The van der Waals surface area contributed by atoms with Crippen molar-refractivity contribution in [3.05, 3.63) is 65.5 Å².